The number of pyridine rings is 1. The van der Waals surface area contributed by atoms with Gasteiger partial charge in [-0.15, -0.1) is 0 Å². The number of H-pyrrole nitrogens is 1. The van der Waals surface area contributed by atoms with Crippen molar-refractivity contribution in [2.24, 2.45) is 0 Å². The molecule has 2 aliphatic heterocycles. The number of carbonyl (C=O) groups excluding carboxylic acids is 1. The average Bonchev–Trinajstić information content (AvgIpc) is 3.38. The van der Waals surface area contributed by atoms with Gasteiger partial charge in [-0.25, -0.2) is 10.1 Å². The standard InChI is InChI=1S/C30H27F3N6O3/c31-30(32,33)27-24(17-35-36-28(27)40)39-18-21-6-1-2-9-23(21)25(39)19-42-22-8-5-7-20(16-22)29(41)38-14-12-37(13-15-38)26-10-3-4-11-34-26/h1-11,16-17,25H,12-15,18-19H2,(H,36,40)/t25-/m0/s1. The Morgan fingerprint density at radius 3 is 2.55 bits per heavy atom. The van der Waals surface area contributed by atoms with Gasteiger partial charge in [-0.1, -0.05) is 36.4 Å². The van der Waals surface area contributed by atoms with E-state index in [2.05, 4.69) is 15.0 Å². The largest absolute Gasteiger partial charge is 0.491 e. The molecule has 4 aromatic rings. The van der Waals surface area contributed by atoms with Gasteiger partial charge in [-0.05, 0) is 41.5 Å². The first-order valence-electron chi connectivity index (χ1n) is 13.5. The highest BCUT2D eigenvalue weighted by atomic mass is 19.4. The first kappa shape index (κ1) is 27.3. The maximum Gasteiger partial charge on any atom is 0.423 e. The Morgan fingerprint density at radius 1 is 1.00 bits per heavy atom. The van der Waals surface area contributed by atoms with Crippen molar-refractivity contribution in [3.8, 4) is 5.75 Å². The van der Waals surface area contributed by atoms with Crippen molar-refractivity contribution in [2.75, 3.05) is 42.6 Å². The van der Waals surface area contributed by atoms with Gasteiger partial charge in [0.15, 0.2) is 0 Å². The smallest absolute Gasteiger partial charge is 0.423 e. The second-order valence-corrected chi connectivity index (χ2v) is 10.1. The van der Waals surface area contributed by atoms with Gasteiger partial charge in [-0.2, -0.15) is 18.3 Å². The summed E-state index contributed by atoms with van der Waals surface area (Å²) >= 11 is 0. The van der Waals surface area contributed by atoms with Crippen molar-refractivity contribution in [1.29, 1.82) is 0 Å². The van der Waals surface area contributed by atoms with Crippen LogP contribution in [0.4, 0.5) is 24.7 Å². The predicted octanol–water partition coefficient (Wildman–Crippen LogP) is 4.29. The number of aromatic nitrogens is 3. The van der Waals surface area contributed by atoms with Crippen molar-refractivity contribution >= 4 is 17.4 Å². The minimum absolute atomic E-state index is 0.0124. The molecule has 9 nitrogen and oxygen atoms in total. The van der Waals surface area contributed by atoms with Crippen molar-refractivity contribution < 1.29 is 22.7 Å². The Kier molecular flexibility index (Phi) is 7.27. The number of piperazine rings is 1. The van der Waals surface area contributed by atoms with E-state index in [4.69, 9.17) is 4.74 Å². The van der Waals surface area contributed by atoms with E-state index in [1.807, 2.05) is 47.6 Å². The maximum atomic E-state index is 13.9. The third-order valence-electron chi connectivity index (χ3n) is 7.59. The lowest BCUT2D eigenvalue weighted by molar-refractivity contribution is -0.138. The number of fused-ring (bicyclic) bond motifs is 1. The van der Waals surface area contributed by atoms with Gasteiger partial charge < -0.3 is 19.4 Å². The summed E-state index contributed by atoms with van der Waals surface area (Å²) in [5.74, 6) is 1.16. The Hall–Kier alpha value is -4.87. The zero-order chi connectivity index (χ0) is 29.3. The molecule has 1 N–H and O–H groups in total. The Morgan fingerprint density at radius 2 is 1.79 bits per heavy atom. The van der Waals surface area contributed by atoms with E-state index in [0.29, 0.717) is 37.5 Å². The van der Waals surface area contributed by atoms with Crippen LogP contribution in [-0.4, -0.2) is 58.8 Å². The summed E-state index contributed by atoms with van der Waals surface area (Å²) in [5, 5.41) is 5.54. The third-order valence-corrected chi connectivity index (χ3v) is 7.59. The topological polar surface area (TPSA) is 94.7 Å². The van der Waals surface area contributed by atoms with Crippen LogP contribution in [0.5, 0.6) is 5.75 Å². The normalized spacial score (nSPS) is 16.8. The number of ether oxygens (including phenoxy) is 1. The number of benzene rings is 2. The summed E-state index contributed by atoms with van der Waals surface area (Å²) in [5.41, 5.74) is -0.837. The van der Waals surface area contributed by atoms with Crippen LogP contribution in [0.25, 0.3) is 0 Å². The highest BCUT2D eigenvalue weighted by Gasteiger charge is 2.42. The van der Waals surface area contributed by atoms with Gasteiger partial charge in [0.25, 0.3) is 11.5 Å². The second kappa shape index (κ2) is 11.2. The van der Waals surface area contributed by atoms with Crippen molar-refractivity contribution in [3.63, 3.8) is 0 Å². The fourth-order valence-corrected chi connectivity index (χ4v) is 5.53. The molecule has 2 aliphatic rings. The highest BCUT2D eigenvalue weighted by Crippen LogP contribution is 2.42. The monoisotopic (exact) mass is 576 g/mol. The molecule has 0 unspecified atom stereocenters. The van der Waals surface area contributed by atoms with Gasteiger partial charge in [0.05, 0.1) is 17.9 Å². The molecule has 4 heterocycles. The van der Waals surface area contributed by atoms with Gasteiger partial charge in [0, 0.05) is 44.5 Å². The average molecular weight is 577 g/mol. The van der Waals surface area contributed by atoms with Crippen LogP contribution >= 0.6 is 0 Å². The van der Waals surface area contributed by atoms with E-state index in [-0.39, 0.29) is 24.7 Å². The molecule has 42 heavy (non-hydrogen) atoms. The SMILES string of the molecule is O=C(c1cccc(OC[C@H]2c3ccccc3CN2c2cn[nH]c(=O)c2C(F)(F)F)c1)N1CCN(c2ccccn2)CC1. The Balaban J connectivity index is 1.18. The van der Waals surface area contributed by atoms with Crippen molar-refractivity contribution in [1.82, 2.24) is 20.1 Å². The lowest BCUT2D eigenvalue weighted by Crippen LogP contribution is -2.49. The van der Waals surface area contributed by atoms with Crippen LogP contribution in [-0.2, 0) is 12.7 Å². The Bertz CT molecular complexity index is 1640. The van der Waals surface area contributed by atoms with Crippen LogP contribution in [0.1, 0.15) is 33.1 Å². The molecule has 12 heteroatoms. The molecule has 2 aromatic heterocycles. The fourth-order valence-electron chi connectivity index (χ4n) is 5.53. The van der Waals surface area contributed by atoms with Gasteiger partial charge in [0.1, 0.15) is 23.7 Å². The van der Waals surface area contributed by atoms with E-state index in [9.17, 15) is 22.8 Å². The second-order valence-electron chi connectivity index (χ2n) is 10.1. The number of rotatable bonds is 6. The third kappa shape index (κ3) is 5.39. The number of alkyl halides is 3. The minimum atomic E-state index is -4.87. The summed E-state index contributed by atoms with van der Waals surface area (Å²) in [6, 6.07) is 19.2. The summed E-state index contributed by atoms with van der Waals surface area (Å²) in [4.78, 5) is 35.3. The molecule has 0 aliphatic carbocycles. The van der Waals surface area contributed by atoms with E-state index in [1.165, 1.54) is 4.90 Å². The number of anilines is 2. The first-order valence-corrected chi connectivity index (χ1v) is 13.5. The summed E-state index contributed by atoms with van der Waals surface area (Å²) < 4.78 is 47.8. The van der Waals surface area contributed by atoms with Crippen LogP contribution in [0.15, 0.2) is 83.9 Å². The van der Waals surface area contributed by atoms with Crippen LogP contribution in [0, 0.1) is 0 Å². The predicted molar refractivity (Wildman–Crippen MR) is 150 cm³/mol. The highest BCUT2D eigenvalue weighted by molar-refractivity contribution is 5.94. The molecule has 1 amide bonds. The quantitative estimate of drug-likeness (QED) is 0.366. The number of amides is 1. The molecular weight excluding hydrogens is 549 g/mol. The summed E-state index contributed by atoms with van der Waals surface area (Å²) in [6.45, 7) is 2.54. The number of nitrogens with one attached hydrogen (secondary N) is 1. The van der Waals surface area contributed by atoms with E-state index < -0.39 is 23.3 Å². The zero-order valence-corrected chi connectivity index (χ0v) is 22.4. The molecule has 0 bridgehead atoms. The molecule has 216 valence electrons. The molecule has 1 fully saturated rings. The molecule has 1 saturated heterocycles. The molecule has 2 aromatic carbocycles. The van der Waals surface area contributed by atoms with Gasteiger partial charge in [0.2, 0.25) is 0 Å². The Labute approximate surface area is 239 Å². The van der Waals surface area contributed by atoms with Crippen molar-refractivity contribution in [2.45, 2.75) is 18.8 Å². The molecule has 1 atom stereocenters. The van der Waals surface area contributed by atoms with Crippen LogP contribution < -0.4 is 20.1 Å². The number of halogens is 3. The maximum absolute atomic E-state index is 13.9. The first-order chi connectivity index (χ1) is 20.3. The lowest BCUT2D eigenvalue weighted by Gasteiger charge is -2.35. The number of aromatic amines is 1. The number of carbonyl (C=O) groups is 1. The molecule has 0 radical (unpaired) electrons. The van der Waals surface area contributed by atoms with Gasteiger partial charge >= 0.3 is 6.18 Å². The van der Waals surface area contributed by atoms with E-state index in [1.54, 1.807) is 35.4 Å². The molecular formula is C30H27F3N6O3. The van der Waals surface area contributed by atoms with Gasteiger partial charge in [-0.3, -0.25) is 9.59 Å². The molecule has 6 rings (SSSR count). The summed E-state index contributed by atoms with van der Waals surface area (Å²) in [6.07, 6.45) is -2.10. The number of hydrogen-bond donors (Lipinski definition) is 1. The number of hydrogen-bond acceptors (Lipinski definition) is 7. The number of nitrogens with zero attached hydrogens (tertiary/aromatic N) is 5. The minimum Gasteiger partial charge on any atom is -0.491 e. The van der Waals surface area contributed by atoms with Crippen LogP contribution in [0.3, 0.4) is 0 Å². The molecule has 0 saturated carbocycles. The van der Waals surface area contributed by atoms with E-state index >= 15 is 0 Å². The lowest BCUT2D eigenvalue weighted by atomic mass is 10.1. The van der Waals surface area contributed by atoms with Crippen LogP contribution in [0.2, 0.25) is 0 Å². The fraction of sp³-hybridized carbons (Fsp3) is 0.267. The zero-order valence-electron chi connectivity index (χ0n) is 22.4. The van der Waals surface area contributed by atoms with Crippen molar-refractivity contribution in [3.05, 3.63) is 112 Å². The van der Waals surface area contributed by atoms with E-state index in [0.717, 1.165) is 23.1 Å². The summed E-state index contributed by atoms with van der Waals surface area (Å²) in [7, 11) is 0. The molecule has 0 spiro atoms.